The number of guanidine groups is 1. The van der Waals surface area contributed by atoms with Gasteiger partial charge in [-0.25, -0.2) is 0 Å². The third-order valence-electron chi connectivity index (χ3n) is 4.93. The summed E-state index contributed by atoms with van der Waals surface area (Å²) in [6, 6.07) is 7.07. The van der Waals surface area contributed by atoms with Crippen molar-refractivity contribution in [3.63, 3.8) is 0 Å². The number of hydrogen-bond acceptors (Lipinski definition) is 3. The lowest BCUT2D eigenvalue weighted by Gasteiger charge is -2.33. The number of piperidine rings is 1. The van der Waals surface area contributed by atoms with Gasteiger partial charge in [-0.15, -0.1) is 0 Å². The summed E-state index contributed by atoms with van der Waals surface area (Å²) in [5.74, 6) is 0.888. The zero-order valence-electron chi connectivity index (χ0n) is 17.1. The summed E-state index contributed by atoms with van der Waals surface area (Å²) in [6.45, 7) is 12.3. The highest BCUT2D eigenvalue weighted by molar-refractivity contribution is 5.80. The Labute approximate surface area is 159 Å². The Balaban J connectivity index is 1.82. The van der Waals surface area contributed by atoms with E-state index in [9.17, 15) is 0 Å². The Hall–Kier alpha value is -2.01. The molecule has 1 aliphatic rings. The molecule has 1 saturated heterocycles. The summed E-state index contributed by atoms with van der Waals surface area (Å²) in [7, 11) is 5.98. The molecule has 0 aliphatic carbocycles. The van der Waals surface area contributed by atoms with Crippen molar-refractivity contribution in [2.45, 2.75) is 39.3 Å². The number of benzene rings is 1. The molecule has 1 fully saturated rings. The van der Waals surface area contributed by atoms with Crippen molar-refractivity contribution in [2.24, 2.45) is 4.99 Å². The van der Waals surface area contributed by atoms with Crippen molar-refractivity contribution in [3.05, 3.63) is 41.5 Å². The Bertz CT molecular complexity index is 627. The molecule has 0 saturated carbocycles. The maximum Gasteiger partial charge on any atom is 0.191 e. The Kier molecular flexibility index (Phi) is 7.51. The van der Waals surface area contributed by atoms with Crippen molar-refractivity contribution >= 4 is 11.6 Å². The third-order valence-corrected chi connectivity index (χ3v) is 4.93. The number of nitrogens with one attached hydrogen (secondary N) is 2. The molecule has 0 atom stereocenters. The van der Waals surface area contributed by atoms with Crippen molar-refractivity contribution < 1.29 is 0 Å². The highest BCUT2D eigenvalue weighted by atomic mass is 15.2. The van der Waals surface area contributed by atoms with E-state index in [0.29, 0.717) is 6.04 Å². The van der Waals surface area contributed by atoms with E-state index in [0.717, 1.165) is 45.0 Å². The second-order valence-corrected chi connectivity index (χ2v) is 7.58. The van der Waals surface area contributed by atoms with Crippen LogP contribution >= 0.6 is 0 Å². The van der Waals surface area contributed by atoms with E-state index < -0.39 is 0 Å². The first-order chi connectivity index (χ1) is 12.4. The van der Waals surface area contributed by atoms with Gasteiger partial charge < -0.3 is 15.5 Å². The second kappa shape index (κ2) is 9.62. The molecule has 26 heavy (non-hydrogen) atoms. The number of anilines is 1. The lowest BCUT2D eigenvalue weighted by molar-refractivity contribution is 0.221. The van der Waals surface area contributed by atoms with Crippen LogP contribution in [-0.2, 0) is 6.54 Å². The normalized spacial score (nSPS) is 16.4. The van der Waals surface area contributed by atoms with Gasteiger partial charge in [-0.2, -0.15) is 0 Å². The van der Waals surface area contributed by atoms with Crippen LogP contribution in [-0.4, -0.2) is 57.7 Å². The molecule has 1 heterocycles. The maximum atomic E-state index is 4.40. The van der Waals surface area contributed by atoms with Gasteiger partial charge in [0.25, 0.3) is 0 Å². The van der Waals surface area contributed by atoms with Gasteiger partial charge in [-0.1, -0.05) is 18.2 Å². The average Bonchev–Trinajstić information content (AvgIpc) is 2.60. The summed E-state index contributed by atoms with van der Waals surface area (Å²) in [4.78, 5) is 9.01. The summed E-state index contributed by atoms with van der Waals surface area (Å²) >= 11 is 0. The van der Waals surface area contributed by atoms with Crippen molar-refractivity contribution in [1.82, 2.24) is 15.5 Å². The van der Waals surface area contributed by atoms with Crippen LogP contribution in [0.15, 0.2) is 35.3 Å². The van der Waals surface area contributed by atoms with Crippen LogP contribution in [0, 0.1) is 6.92 Å². The molecule has 2 N–H and O–H groups in total. The highest BCUT2D eigenvalue weighted by Crippen LogP contribution is 2.17. The summed E-state index contributed by atoms with van der Waals surface area (Å²) < 4.78 is 0. The van der Waals surface area contributed by atoms with Crippen molar-refractivity contribution in [3.8, 4) is 0 Å². The van der Waals surface area contributed by atoms with Crippen LogP contribution in [0.5, 0.6) is 0 Å². The molecule has 0 unspecified atom stereocenters. The van der Waals surface area contributed by atoms with Crippen LogP contribution in [0.1, 0.15) is 30.9 Å². The maximum absolute atomic E-state index is 4.40. The highest BCUT2D eigenvalue weighted by Gasteiger charge is 2.19. The first kappa shape index (κ1) is 20.3. The predicted octanol–water partition coefficient (Wildman–Crippen LogP) is 2.77. The molecule has 5 heteroatoms. The average molecular weight is 358 g/mol. The first-order valence-electron chi connectivity index (χ1n) is 9.49. The van der Waals surface area contributed by atoms with Crippen LogP contribution < -0.4 is 15.5 Å². The predicted molar refractivity (Wildman–Crippen MR) is 113 cm³/mol. The zero-order chi connectivity index (χ0) is 19.1. The SMILES string of the molecule is C=C(C)CN1CCC(NC(=NC)NCc2ccc(N(C)C)cc2C)CC1. The van der Waals surface area contributed by atoms with Crippen molar-refractivity contribution in [1.29, 1.82) is 0 Å². The molecule has 0 amide bonds. The summed E-state index contributed by atoms with van der Waals surface area (Å²) in [5.41, 5.74) is 5.07. The van der Waals surface area contributed by atoms with Crippen LogP contribution in [0.25, 0.3) is 0 Å². The van der Waals surface area contributed by atoms with Gasteiger partial charge in [0.2, 0.25) is 0 Å². The van der Waals surface area contributed by atoms with Gasteiger partial charge in [0.1, 0.15) is 0 Å². The first-order valence-corrected chi connectivity index (χ1v) is 9.49. The van der Waals surface area contributed by atoms with Crippen molar-refractivity contribution in [2.75, 3.05) is 45.7 Å². The van der Waals surface area contributed by atoms with E-state index in [2.05, 4.69) is 78.1 Å². The fraction of sp³-hybridized carbons (Fsp3) is 0.571. The minimum Gasteiger partial charge on any atom is -0.378 e. The second-order valence-electron chi connectivity index (χ2n) is 7.58. The van der Waals surface area contributed by atoms with E-state index in [4.69, 9.17) is 0 Å². The monoisotopic (exact) mass is 357 g/mol. The largest absolute Gasteiger partial charge is 0.378 e. The van der Waals surface area contributed by atoms with E-state index >= 15 is 0 Å². The lowest BCUT2D eigenvalue weighted by Crippen LogP contribution is -2.48. The molecule has 0 bridgehead atoms. The molecule has 5 nitrogen and oxygen atoms in total. The molecule has 0 aromatic heterocycles. The molecular weight excluding hydrogens is 322 g/mol. The van der Waals surface area contributed by atoms with Gasteiger partial charge >= 0.3 is 0 Å². The molecule has 144 valence electrons. The fourth-order valence-corrected chi connectivity index (χ4v) is 3.34. The number of likely N-dealkylation sites (tertiary alicyclic amines) is 1. The van der Waals surface area contributed by atoms with E-state index in [1.54, 1.807) is 0 Å². The molecule has 0 spiro atoms. The lowest BCUT2D eigenvalue weighted by atomic mass is 10.0. The van der Waals surface area contributed by atoms with E-state index in [-0.39, 0.29) is 0 Å². The molecule has 1 aliphatic heterocycles. The molecule has 0 radical (unpaired) electrons. The number of hydrogen-bond donors (Lipinski definition) is 2. The summed E-state index contributed by atoms with van der Waals surface area (Å²) in [6.07, 6.45) is 2.29. The Morgan fingerprint density at radius 2 is 2.00 bits per heavy atom. The van der Waals surface area contributed by atoms with Crippen LogP contribution in [0.3, 0.4) is 0 Å². The Morgan fingerprint density at radius 3 is 2.54 bits per heavy atom. The minimum atomic E-state index is 0.486. The third kappa shape index (κ3) is 6.06. The summed E-state index contributed by atoms with van der Waals surface area (Å²) in [5, 5.41) is 7.04. The van der Waals surface area contributed by atoms with Gasteiger partial charge in [0.15, 0.2) is 5.96 Å². The number of rotatable bonds is 6. The number of nitrogens with zero attached hydrogens (tertiary/aromatic N) is 3. The Morgan fingerprint density at radius 1 is 1.31 bits per heavy atom. The fourth-order valence-electron chi connectivity index (χ4n) is 3.34. The van der Waals surface area contributed by atoms with Crippen LogP contribution in [0.2, 0.25) is 0 Å². The standard InChI is InChI=1S/C21H35N5/c1-16(2)15-26-11-9-19(10-12-26)24-21(22-4)23-14-18-7-8-20(25(5)6)13-17(18)3/h7-8,13,19H,1,9-12,14-15H2,2-6H3,(H2,22,23,24). The molecule has 2 rings (SSSR count). The van der Waals surface area contributed by atoms with Crippen LogP contribution in [0.4, 0.5) is 5.69 Å². The van der Waals surface area contributed by atoms with Gasteiger partial charge in [-0.3, -0.25) is 9.89 Å². The number of aryl methyl sites for hydroxylation is 1. The smallest absolute Gasteiger partial charge is 0.191 e. The number of aliphatic imine (C=N–C) groups is 1. The van der Waals surface area contributed by atoms with E-state index in [1.807, 2.05) is 7.05 Å². The van der Waals surface area contributed by atoms with Gasteiger partial charge in [0, 0.05) is 59.1 Å². The molecule has 1 aromatic rings. The minimum absolute atomic E-state index is 0.486. The van der Waals surface area contributed by atoms with Gasteiger partial charge in [-0.05, 0) is 49.9 Å². The molecular formula is C21H35N5. The van der Waals surface area contributed by atoms with Gasteiger partial charge in [0.05, 0.1) is 0 Å². The zero-order valence-corrected chi connectivity index (χ0v) is 17.1. The topological polar surface area (TPSA) is 42.9 Å². The molecule has 1 aromatic carbocycles. The van der Waals surface area contributed by atoms with E-state index in [1.165, 1.54) is 22.4 Å². The quantitative estimate of drug-likeness (QED) is 0.467.